The number of likely N-dealkylation sites (tertiary alicyclic amines) is 1. The number of rotatable bonds is 2. The molecule has 0 aromatic heterocycles. The lowest BCUT2D eigenvalue weighted by atomic mass is 10.2. The Morgan fingerprint density at radius 1 is 1.05 bits per heavy atom. The standard InChI is InChI=1S/C11H15NO.C4H10N2/c13-11-6-7-12(9-11)8-10-4-2-1-3-5-10;1-2-6-4-3-5-1/h1-5,11,13H,6-9H2;5-6H,1-4H2. The van der Waals surface area contributed by atoms with Gasteiger partial charge in [-0.05, 0) is 12.0 Å². The van der Waals surface area contributed by atoms with Crippen molar-refractivity contribution in [3.8, 4) is 0 Å². The van der Waals surface area contributed by atoms with Crippen molar-refractivity contribution in [2.75, 3.05) is 39.3 Å². The summed E-state index contributed by atoms with van der Waals surface area (Å²) in [5.41, 5.74) is 1.33. The first kappa shape index (κ1) is 14.5. The number of aliphatic hydroxyl groups excluding tert-OH is 1. The van der Waals surface area contributed by atoms with Gasteiger partial charge in [-0.15, -0.1) is 0 Å². The zero-order chi connectivity index (χ0) is 13.3. The molecule has 2 heterocycles. The summed E-state index contributed by atoms with van der Waals surface area (Å²) in [7, 11) is 0. The van der Waals surface area contributed by atoms with Crippen LogP contribution in [-0.4, -0.2) is 55.4 Å². The van der Waals surface area contributed by atoms with Crippen LogP contribution in [0.25, 0.3) is 0 Å². The molecular weight excluding hydrogens is 238 g/mol. The van der Waals surface area contributed by atoms with Gasteiger partial charge in [0.05, 0.1) is 6.10 Å². The van der Waals surface area contributed by atoms with Gasteiger partial charge in [0.25, 0.3) is 0 Å². The highest BCUT2D eigenvalue weighted by molar-refractivity contribution is 5.14. The Hall–Kier alpha value is -0.940. The molecule has 2 aliphatic rings. The first-order valence-electron chi connectivity index (χ1n) is 7.20. The number of nitrogens with one attached hydrogen (secondary N) is 2. The van der Waals surface area contributed by atoms with Gasteiger partial charge in [-0.2, -0.15) is 0 Å². The van der Waals surface area contributed by atoms with Crippen LogP contribution in [-0.2, 0) is 6.54 Å². The van der Waals surface area contributed by atoms with E-state index in [0.29, 0.717) is 0 Å². The van der Waals surface area contributed by atoms with Gasteiger partial charge in [0.1, 0.15) is 0 Å². The molecule has 3 N–H and O–H groups in total. The molecule has 0 spiro atoms. The van der Waals surface area contributed by atoms with Crippen LogP contribution < -0.4 is 10.6 Å². The van der Waals surface area contributed by atoms with E-state index < -0.39 is 0 Å². The fraction of sp³-hybridized carbons (Fsp3) is 0.600. The van der Waals surface area contributed by atoms with Crippen molar-refractivity contribution in [2.24, 2.45) is 0 Å². The fourth-order valence-electron chi connectivity index (χ4n) is 2.40. The van der Waals surface area contributed by atoms with Gasteiger partial charge in [0.2, 0.25) is 0 Å². The van der Waals surface area contributed by atoms with E-state index in [1.54, 1.807) is 0 Å². The van der Waals surface area contributed by atoms with Crippen LogP contribution >= 0.6 is 0 Å². The topological polar surface area (TPSA) is 47.5 Å². The molecule has 2 fully saturated rings. The predicted octanol–water partition coefficient (Wildman–Crippen LogP) is 0.432. The second-order valence-corrected chi connectivity index (χ2v) is 5.16. The van der Waals surface area contributed by atoms with Gasteiger partial charge < -0.3 is 15.7 Å². The molecule has 106 valence electrons. The number of hydrogen-bond acceptors (Lipinski definition) is 4. The summed E-state index contributed by atoms with van der Waals surface area (Å²) in [6, 6.07) is 10.4. The monoisotopic (exact) mass is 263 g/mol. The number of nitrogens with zero attached hydrogens (tertiary/aromatic N) is 1. The van der Waals surface area contributed by atoms with E-state index in [-0.39, 0.29) is 6.10 Å². The lowest BCUT2D eigenvalue weighted by Gasteiger charge is -2.14. The molecule has 1 aromatic rings. The van der Waals surface area contributed by atoms with Gasteiger partial charge in [0, 0.05) is 45.8 Å². The Morgan fingerprint density at radius 3 is 2.16 bits per heavy atom. The number of piperazine rings is 1. The summed E-state index contributed by atoms with van der Waals surface area (Å²) >= 11 is 0. The Balaban J connectivity index is 0.000000186. The maximum absolute atomic E-state index is 9.34. The third-order valence-corrected chi connectivity index (χ3v) is 3.45. The summed E-state index contributed by atoms with van der Waals surface area (Å²) in [6.45, 7) is 7.38. The zero-order valence-electron chi connectivity index (χ0n) is 11.5. The molecule has 1 unspecified atom stereocenters. The van der Waals surface area contributed by atoms with Crippen LogP contribution in [0.2, 0.25) is 0 Å². The molecule has 4 heteroatoms. The van der Waals surface area contributed by atoms with Crippen LogP contribution in [0.1, 0.15) is 12.0 Å². The maximum atomic E-state index is 9.34. The van der Waals surface area contributed by atoms with Crippen molar-refractivity contribution in [3.05, 3.63) is 35.9 Å². The summed E-state index contributed by atoms with van der Waals surface area (Å²) < 4.78 is 0. The van der Waals surface area contributed by atoms with E-state index in [2.05, 4.69) is 39.8 Å². The Labute approximate surface area is 115 Å². The van der Waals surface area contributed by atoms with E-state index in [9.17, 15) is 5.11 Å². The average molecular weight is 263 g/mol. The molecule has 0 aliphatic carbocycles. The Kier molecular flexibility index (Phi) is 6.30. The number of benzene rings is 1. The second-order valence-electron chi connectivity index (χ2n) is 5.16. The molecule has 0 radical (unpaired) electrons. The first-order chi connectivity index (χ1) is 9.34. The normalized spacial score (nSPS) is 23.7. The van der Waals surface area contributed by atoms with E-state index in [1.807, 2.05) is 6.07 Å². The van der Waals surface area contributed by atoms with Crippen LogP contribution in [0.4, 0.5) is 0 Å². The third-order valence-electron chi connectivity index (χ3n) is 3.45. The summed E-state index contributed by atoms with van der Waals surface area (Å²) in [6.07, 6.45) is 0.816. The molecule has 0 saturated carbocycles. The van der Waals surface area contributed by atoms with Crippen LogP contribution in [0.15, 0.2) is 30.3 Å². The quantitative estimate of drug-likeness (QED) is 0.724. The molecular formula is C15H25N3O. The second kappa shape index (κ2) is 8.27. The SMILES string of the molecule is C1CNCCN1.OC1CCN(Cc2ccccc2)C1. The lowest BCUT2D eigenvalue weighted by Crippen LogP contribution is -2.39. The number of β-amino-alcohol motifs (C(OH)–C–C–N with tert-alkyl or cyclic N) is 1. The molecule has 2 aliphatic heterocycles. The molecule has 2 saturated heterocycles. The molecule has 1 aromatic carbocycles. The summed E-state index contributed by atoms with van der Waals surface area (Å²) in [4.78, 5) is 2.29. The Morgan fingerprint density at radius 2 is 1.68 bits per heavy atom. The molecule has 1 atom stereocenters. The van der Waals surface area contributed by atoms with Gasteiger partial charge in [-0.3, -0.25) is 4.90 Å². The minimum absolute atomic E-state index is 0.108. The van der Waals surface area contributed by atoms with E-state index >= 15 is 0 Å². The zero-order valence-corrected chi connectivity index (χ0v) is 11.5. The number of aliphatic hydroxyl groups is 1. The highest BCUT2D eigenvalue weighted by Gasteiger charge is 2.19. The molecule has 19 heavy (non-hydrogen) atoms. The van der Waals surface area contributed by atoms with Crippen molar-refractivity contribution in [3.63, 3.8) is 0 Å². The van der Waals surface area contributed by atoms with Crippen molar-refractivity contribution >= 4 is 0 Å². The maximum Gasteiger partial charge on any atom is 0.0679 e. The third kappa shape index (κ3) is 5.70. The summed E-state index contributed by atoms with van der Waals surface area (Å²) in [5.74, 6) is 0. The van der Waals surface area contributed by atoms with Crippen molar-refractivity contribution in [1.29, 1.82) is 0 Å². The van der Waals surface area contributed by atoms with Crippen LogP contribution in [0, 0.1) is 0 Å². The minimum Gasteiger partial charge on any atom is -0.392 e. The van der Waals surface area contributed by atoms with Crippen molar-refractivity contribution in [2.45, 2.75) is 19.1 Å². The van der Waals surface area contributed by atoms with Gasteiger partial charge in [0.15, 0.2) is 0 Å². The summed E-state index contributed by atoms with van der Waals surface area (Å²) in [5, 5.41) is 15.8. The van der Waals surface area contributed by atoms with Crippen molar-refractivity contribution in [1.82, 2.24) is 15.5 Å². The average Bonchev–Trinajstić information content (AvgIpc) is 2.88. The van der Waals surface area contributed by atoms with Gasteiger partial charge in [-0.25, -0.2) is 0 Å². The van der Waals surface area contributed by atoms with Crippen LogP contribution in [0.3, 0.4) is 0 Å². The van der Waals surface area contributed by atoms with Gasteiger partial charge >= 0.3 is 0 Å². The lowest BCUT2D eigenvalue weighted by molar-refractivity contribution is 0.175. The number of hydrogen-bond donors (Lipinski definition) is 3. The molecule has 3 rings (SSSR count). The minimum atomic E-state index is -0.108. The van der Waals surface area contributed by atoms with E-state index in [0.717, 1.165) is 52.2 Å². The first-order valence-corrected chi connectivity index (χ1v) is 7.20. The predicted molar refractivity (Wildman–Crippen MR) is 78.1 cm³/mol. The highest BCUT2D eigenvalue weighted by Crippen LogP contribution is 2.12. The highest BCUT2D eigenvalue weighted by atomic mass is 16.3. The fourth-order valence-corrected chi connectivity index (χ4v) is 2.40. The van der Waals surface area contributed by atoms with Gasteiger partial charge in [-0.1, -0.05) is 30.3 Å². The van der Waals surface area contributed by atoms with Crippen LogP contribution in [0.5, 0.6) is 0 Å². The van der Waals surface area contributed by atoms with E-state index in [4.69, 9.17) is 0 Å². The molecule has 0 amide bonds. The molecule has 0 bridgehead atoms. The van der Waals surface area contributed by atoms with Crippen molar-refractivity contribution < 1.29 is 5.11 Å². The Bertz CT molecular complexity index is 329. The smallest absolute Gasteiger partial charge is 0.0679 e. The molecule has 4 nitrogen and oxygen atoms in total. The van der Waals surface area contributed by atoms with E-state index in [1.165, 1.54) is 5.56 Å². The largest absolute Gasteiger partial charge is 0.392 e.